The SMILES string of the molecule is C[NH+](C)CCCN1C(=O)C(=O)C(=C(O)c2ccc(F)cc2)[C@@H]1c1ccco1. The zero-order valence-corrected chi connectivity index (χ0v) is 15.2. The maximum absolute atomic E-state index is 13.2. The van der Waals surface area contributed by atoms with Crippen molar-refractivity contribution in [2.45, 2.75) is 12.5 Å². The Kier molecular flexibility index (Phi) is 5.41. The van der Waals surface area contributed by atoms with Crippen molar-refractivity contribution >= 4 is 17.4 Å². The Morgan fingerprint density at radius 3 is 2.52 bits per heavy atom. The van der Waals surface area contributed by atoms with Crippen molar-refractivity contribution in [3.05, 3.63) is 65.4 Å². The molecular weight excluding hydrogens is 351 g/mol. The summed E-state index contributed by atoms with van der Waals surface area (Å²) in [6, 6.07) is 7.64. The summed E-state index contributed by atoms with van der Waals surface area (Å²) in [6.45, 7) is 1.19. The van der Waals surface area contributed by atoms with E-state index in [9.17, 15) is 19.1 Å². The van der Waals surface area contributed by atoms with E-state index in [1.165, 1.54) is 40.3 Å². The van der Waals surface area contributed by atoms with Crippen LogP contribution in [-0.2, 0) is 9.59 Å². The van der Waals surface area contributed by atoms with E-state index in [2.05, 4.69) is 0 Å². The van der Waals surface area contributed by atoms with Crippen molar-refractivity contribution in [1.82, 2.24) is 4.90 Å². The van der Waals surface area contributed by atoms with E-state index in [1.807, 2.05) is 14.1 Å². The van der Waals surface area contributed by atoms with Crippen LogP contribution in [0.2, 0.25) is 0 Å². The number of furan rings is 1. The molecule has 27 heavy (non-hydrogen) atoms. The standard InChI is InChI=1S/C20H21FN2O4/c1-22(2)10-4-11-23-17(15-5-3-12-27-15)16(19(25)20(23)26)18(24)13-6-8-14(21)9-7-13/h3,5-9,12,17,24H,4,10-11H2,1-2H3/p+1/t17-/m0/s1. The van der Waals surface area contributed by atoms with Gasteiger partial charge in [0, 0.05) is 18.5 Å². The van der Waals surface area contributed by atoms with Gasteiger partial charge in [0.2, 0.25) is 0 Å². The minimum Gasteiger partial charge on any atom is -0.507 e. The summed E-state index contributed by atoms with van der Waals surface area (Å²) in [7, 11) is 4.01. The number of halogens is 1. The zero-order chi connectivity index (χ0) is 19.6. The summed E-state index contributed by atoms with van der Waals surface area (Å²) in [5.74, 6) is -1.84. The quantitative estimate of drug-likeness (QED) is 0.456. The summed E-state index contributed by atoms with van der Waals surface area (Å²) < 4.78 is 18.6. The number of Topliss-reactive ketones (excluding diaryl/α,β-unsaturated/α-hetero) is 1. The lowest BCUT2D eigenvalue weighted by Crippen LogP contribution is -3.05. The molecule has 1 aromatic heterocycles. The number of benzene rings is 1. The lowest BCUT2D eigenvalue weighted by atomic mass is 9.99. The fraction of sp³-hybridized carbons (Fsp3) is 0.300. The predicted octanol–water partition coefficient (Wildman–Crippen LogP) is 1.38. The Bertz CT molecular complexity index is 857. The zero-order valence-electron chi connectivity index (χ0n) is 15.2. The fourth-order valence-electron chi connectivity index (χ4n) is 3.22. The first kappa shape index (κ1) is 18.8. The van der Waals surface area contributed by atoms with Crippen LogP contribution in [0.1, 0.15) is 23.8 Å². The van der Waals surface area contributed by atoms with Crippen molar-refractivity contribution < 1.29 is 28.4 Å². The van der Waals surface area contributed by atoms with Gasteiger partial charge in [0.15, 0.2) is 0 Å². The van der Waals surface area contributed by atoms with Crippen LogP contribution in [0.25, 0.3) is 5.76 Å². The van der Waals surface area contributed by atoms with Gasteiger partial charge in [-0.1, -0.05) is 0 Å². The number of aliphatic hydroxyl groups excluding tert-OH is 1. The number of likely N-dealkylation sites (tertiary alicyclic amines) is 1. The molecule has 2 N–H and O–H groups in total. The lowest BCUT2D eigenvalue weighted by molar-refractivity contribution is -0.858. The molecule has 1 saturated heterocycles. The van der Waals surface area contributed by atoms with Gasteiger partial charge in [-0.3, -0.25) is 9.59 Å². The number of carbonyl (C=O) groups excluding carboxylic acids is 2. The first-order valence-electron chi connectivity index (χ1n) is 8.77. The highest BCUT2D eigenvalue weighted by Gasteiger charge is 2.47. The Labute approximate surface area is 156 Å². The van der Waals surface area contributed by atoms with Crippen LogP contribution in [0, 0.1) is 5.82 Å². The first-order chi connectivity index (χ1) is 12.9. The van der Waals surface area contributed by atoms with Crippen LogP contribution >= 0.6 is 0 Å². The van der Waals surface area contributed by atoms with Gasteiger partial charge >= 0.3 is 0 Å². The highest BCUT2D eigenvalue weighted by Crippen LogP contribution is 2.39. The van der Waals surface area contributed by atoms with Crippen LogP contribution in [0.5, 0.6) is 0 Å². The van der Waals surface area contributed by atoms with Gasteiger partial charge in [-0.15, -0.1) is 0 Å². The molecule has 2 heterocycles. The molecule has 0 radical (unpaired) electrons. The van der Waals surface area contributed by atoms with Crippen molar-refractivity contribution in [1.29, 1.82) is 0 Å². The topological polar surface area (TPSA) is 75.2 Å². The molecule has 7 heteroatoms. The maximum atomic E-state index is 13.2. The van der Waals surface area contributed by atoms with Gasteiger partial charge in [0.05, 0.1) is 32.5 Å². The molecule has 1 atom stereocenters. The van der Waals surface area contributed by atoms with Gasteiger partial charge < -0.3 is 19.3 Å². The molecular formula is C20H22FN2O4+. The Balaban J connectivity index is 2.03. The molecule has 1 aliphatic rings. The van der Waals surface area contributed by atoms with E-state index in [1.54, 1.807) is 12.1 Å². The molecule has 2 aromatic rings. The third kappa shape index (κ3) is 3.78. The van der Waals surface area contributed by atoms with Gasteiger partial charge in [0.1, 0.15) is 23.4 Å². The van der Waals surface area contributed by atoms with Crippen LogP contribution in [0.3, 0.4) is 0 Å². The number of nitrogens with one attached hydrogen (secondary N) is 1. The highest BCUT2D eigenvalue weighted by atomic mass is 19.1. The number of ketones is 1. The molecule has 1 aliphatic heterocycles. The van der Waals surface area contributed by atoms with Gasteiger partial charge in [-0.25, -0.2) is 4.39 Å². The molecule has 1 aromatic carbocycles. The number of hydrogen-bond donors (Lipinski definition) is 2. The van der Waals surface area contributed by atoms with Crippen LogP contribution in [-0.4, -0.2) is 48.9 Å². The summed E-state index contributed by atoms with van der Waals surface area (Å²) in [4.78, 5) is 27.9. The third-order valence-corrected chi connectivity index (χ3v) is 4.55. The number of nitrogens with zero attached hydrogens (tertiary/aromatic N) is 1. The first-order valence-corrected chi connectivity index (χ1v) is 8.77. The van der Waals surface area contributed by atoms with E-state index >= 15 is 0 Å². The number of carbonyl (C=O) groups is 2. The number of hydrogen-bond acceptors (Lipinski definition) is 4. The fourth-order valence-corrected chi connectivity index (χ4v) is 3.22. The van der Waals surface area contributed by atoms with E-state index in [0.29, 0.717) is 18.7 Å². The minimum atomic E-state index is -0.804. The van der Waals surface area contributed by atoms with Gasteiger partial charge in [0.25, 0.3) is 11.7 Å². The van der Waals surface area contributed by atoms with E-state index in [-0.39, 0.29) is 16.9 Å². The van der Waals surface area contributed by atoms with Gasteiger partial charge in [-0.2, -0.15) is 0 Å². The molecule has 3 rings (SSSR count). The van der Waals surface area contributed by atoms with E-state index in [4.69, 9.17) is 4.42 Å². The molecule has 1 amide bonds. The predicted molar refractivity (Wildman–Crippen MR) is 96.4 cm³/mol. The molecule has 0 saturated carbocycles. The number of aliphatic hydroxyl groups is 1. The Morgan fingerprint density at radius 1 is 1.22 bits per heavy atom. The average molecular weight is 373 g/mol. The maximum Gasteiger partial charge on any atom is 0.295 e. The lowest BCUT2D eigenvalue weighted by Gasteiger charge is -2.23. The summed E-state index contributed by atoms with van der Waals surface area (Å²) in [5.41, 5.74) is 0.224. The van der Waals surface area contributed by atoms with Crippen LogP contribution in [0.4, 0.5) is 4.39 Å². The second-order valence-electron chi connectivity index (χ2n) is 6.83. The van der Waals surface area contributed by atoms with Gasteiger partial charge in [-0.05, 0) is 36.4 Å². The monoisotopic (exact) mass is 373 g/mol. The number of quaternary nitrogens is 1. The smallest absolute Gasteiger partial charge is 0.295 e. The molecule has 0 spiro atoms. The van der Waals surface area contributed by atoms with Crippen molar-refractivity contribution in [2.24, 2.45) is 0 Å². The van der Waals surface area contributed by atoms with Crippen LogP contribution < -0.4 is 4.90 Å². The average Bonchev–Trinajstić information content (AvgIpc) is 3.24. The third-order valence-electron chi connectivity index (χ3n) is 4.55. The Hall–Kier alpha value is -2.93. The largest absolute Gasteiger partial charge is 0.507 e. The van der Waals surface area contributed by atoms with Crippen LogP contribution in [0.15, 0.2) is 52.7 Å². The summed E-state index contributed by atoms with van der Waals surface area (Å²) >= 11 is 0. The van der Waals surface area contributed by atoms with Crippen molar-refractivity contribution in [3.63, 3.8) is 0 Å². The normalized spacial score (nSPS) is 19.3. The summed E-state index contributed by atoms with van der Waals surface area (Å²) in [6.07, 6.45) is 2.15. The Morgan fingerprint density at radius 2 is 1.93 bits per heavy atom. The molecule has 142 valence electrons. The van der Waals surface area contributed by atoms with Crippen molar-refractivity contribution in [3.8, 4) is 0 Å². The second-order valence-corrected chi connectivity index (χ2v) is 6.83. The summed E-state index contributed by atoms with van der Waals surface area (Å²) in [5, 5.41) is 10.7. The molecule has 1 fully saturated rings. The highest BCUT2D eigenvalue weighted by molar-refractivity contribution is 6.46. The minimum absolute atomic E-state index is 0.0428. The molecule has 0 unspecified atom stereocenters. The van der Waals surface area contributed by atoms with Crippen molar-refractivity contribution in [2.75, 3.05) is 27.2 Å². The van der Waals surface area contributed by atoms with E-state index in [0.717, 1.165) is 6.54 Å². The molecule has 6 nitrogen and oxygen atoms in total. The number of amides is 1. The molecule has 0 aliphatic carbocycles. The second kappa shape index (κ2) is 7.75. The van der Waals surface area contributed by atoms with E-state index < -0.39 is 23.5 Å². The number of rotatable bonds is 6. The molecule has 0 bridgehead atoms.